The Labute approximate surface area is 114 Å². The third-order valence-electron chi connectivity index (χ3n) is 2.62. The zero-order chi connectivity index (χ0) is 12.5. The van der Waals surface area contributed by atoms with E-state index in [-0.39, 0.29) is 0 Å². The summed E-state index contributed by atoms with van der Waals surface area (Å²) in [4.78, 5) is 5.81. The van der Waals surface area contributed by atoms with Crippen molar-refractivity contribution >= 4 is 39.0 Å². The van der Waals surface area contributed by atoms with Gasteiger partial charge in [0.15, 0.2) is 4.34 Å². The molecule has 0 aliphatic rings. The molecule has 0 aliphatic carbocycles. The Morgan fingerprint density at radius 2 is 1.89 bits per heavy atom. The molecule has 0 spiro atoms. The van der Waals surface area contributed by atoms with Gasteiger partial charge in [0.05, 0.1) is 10.2 Å². The minimum absolute atomic E-state index is 0.790. The molecule has 0 unspecified atom stereocenters. The summed E-state index contributed by atoms with van der Waals surface area (Å²) in [7, 11) is 0. The lowest BCUT2D eigenvalue weighted by atomic mass is 10.2. The fourth-order valence-electron chi connectivity index (χ4n) is 1.67. The van der Waals surface area contributed by atoms with Gasteiger partial charge in [0.25, 0.3) is 0 Å². The van der Waals surface area contributed by atoms with Gasteiger partial charge in [-0.05, 0) is 37.3 Å². The van der Waals surface area contributed by atoms with Gasteiger partial charge in [-0.25, -0.2) is 4.98 Å². The average Bonchev–Trinajstić information content (AvgIpc) is 2.73. The number of fused-ring (bicyclic) bond motifs is 1. The van der Waals surface area contributed by atoms with Gasteiger partial charge < -0.3 is 5.73 Å². The molecule has 0 amide bonds. The molecule has 2 nitrogen and oxygen atoms in total. The zero-order valence-corrected chi connectivity index (χ0v) is 11.5. The summed E-state index contributed by atoms with van der Waals surface area (Å²) in [6.45, 7) is 2.09. The van der Waals surface area contributed by atoms with Crippen molar-refractivity contribution in [2.45, 2.75) is 16.2 Å². The molecule has 0 saturated carbocycles. The largest absolute Gasteiger partial charge is 0.399 e. The molecule has 90 valence electrons. The quantitative estimate of drug-likeness (QED) is 0.705. The lowest BCUT2D eigenvalue weighted by Crippen LogP contribution is -1.81. The van der Waals surface area contributed by atoms with Crippen LogP contribution in [0.4, 0.5) is 5.69 Å². The molecule has 0 radical (unpaired) electrons. The number of benzene rings is 2. The van der Waals surface area contributed by atoms with E-state index in [0.717, 1.165) is 20.2 Å². The first kappa shape index (κ1) is 11.6. The van der Waals surface area contributed by atoms with Crippen LogP contribution >= 0.6 is 23.1 Å². The second-order valence-corrected chi connectivity index (χ2v) is 6.47. The highest BCUT2D eigenvalue weighted by Gasteiger charge is 2.05. The molecule has 0 aliphatic heterocycles. The predicted molar refractivity (Wildman–Crippen MR) is 79.3 cm³/mol. The summed E-state index contributed by atoms with van der Waals surface area (Å²) < 4.78 is 2.20. The van der Waals surface area contributed by atoms with Crippen molar-refractivity contribution in [3.63, 3.8) is 0 Å². The number of aromatic nitrogens is 1. The zero-order valence-electron chi connectivity index (χ0n) is 9.88. The minimum atomic E-state index is 0.790. The second kappa shape index (κ2) is 4.63. The summed E-state index contributed by atoms with van der Waals surface area (Å²) in [5.74, 6) is 0. The summed E-state index contributed by atoms with van der Waals surface area (Å²) in [6.07, 6.45) is 0. The van der Waals surface area contributed by atoms with Gasteiger partial charge in [0.2, 0.25) is 0 Å². The fourth-order valence-corrected chi connectivity index (χ4v) is 3.76. The van der Waals surface area contributed by atoms with E-state index in [1.807, 2.05) is 18.2 Å². The minimum Gasteiger partial charge on any atom is -0.399 e. The van der Waals surface area contributed by atoms with Crippen molar-refractivity contribution in [3.05, 3.63) is 48.0 Å². The Bertz CT molecular complexity index is 687. The highest BCUT2D eigenvalue weighted by molar-refractivity contribution is 8.01. The Balaban J connectivity index is 1.92. The van der Waals surface area contributed by atoms with E-state index in [4.69, 9.17) is 5.73 Å². The molecule has 2 aromatic carbocycles. The molecule has 0 atom stereocenters. The van der Waals surface area contributed by atoms with Crippen molar-refractivity contribution in [3.8, 4) is 0 Å². The lowest BCUT2D eigenvalue weighted by molar-refractivity contribution is 1.29. The molecule has 3 aromatic rings. The van der Waals surface area contributed by atoms with Gasteiger partial charge in [0, 0.05) is 10.6 Å². The van der Waals surface area contributed by atoms with Crippen molar-refractivity contribution in [1.29, 1.82) is 0 Å². The van der Waals surface area contributed by atoms with Crippen LogP contribution in [0.15, 0.2) is 51.7 Å². The molecule has 18 heavy (non-hydrogen) atoms. The topological polar surface area (TPSA) is 38.9 Å². The van der Waals surface area contributed by atoms with Gasteiger partial charge in [0.1, 0.15) is 0 Å². The van der Waals surface area contributed by atoms with Crippen LogP contribution in [0.5, 0.6) is 0 Å². The van der Waals surface area contributed by atoms with Crippen molar-refractivity contribution < 1.29 is 0 Å². The molecule has 1 heterocycles. The lowest BCUT2D eigenvalue weighted by Gasteiger charge is -1.97. The summed E-state index contributed by atoms with van der Waals surface area (Å²) in [6, 6.07) is 14.3. The van der Waals surface area contributed by atoms with Crippen molar-refractivity contribution in [2.24, 2.45) is 0 Å². The number of thiazole rings is 1. The Kier molecular flexibility index (Phi) is 2.97. The maximum Gasteiger partial charge on any atom is 0.155 e. The SMILES string of the molecule is Cc1ccc(Sc2nc3ccc(N)cc3s2)cc1. The molecule has 1 aromatic heterocycles. The van der Waals surface area contributed by atoms with E-state index in [9.17, 15) is 0 Å². The highest BCUT2D eigenvalue weighted by atomic mass is 32.2. The predicted octanol–water partition coefficient (Wildman–Crippen LogP) is 4.34. The van der Waals surface area contributed by atoms with Gasteiger partial charge in [-0.3, -0.25) is 0 Å². The second-order valence-electron chi connectivity index (χ2n) is 4.12. The van der Waals surface area contributed by atoms with Gasteiger partial charge in [-0.1, -0.05) is 29.5 Å². The molecule has 3 rings (SSSR count). The van der Waals surface area contributed by atoms with Gasteiger partial charge in [-0.15, -0.1) is 11.3 Å². The van der Waals surface area contributed by atoms with Crippen LogP contribution in [-0.4, -0.2) is 4.98 Å². The monoisotopic (exact) mass is 272 g/mol. The Morgan fingerprint density at radius 1 is 1.11 bits per heavy atom. The first-order valence-corrected chi connectivity index (χ1v) is 7.24. The van der Waals surface area contributed by atoms with Gasteiger partial charge >= 0.3 is 0 Å². The van der Waals surface area contributed by atoms with Crippen LogP contribution in [0.3, 0.4) is 0 Å². The number of aryl methyl sites for hydroxylation is 1. The standard InChI is InChI=1S/C14H12N2S2/c1-9-2-5-11(6-3-9)17-14-16-12-7-4-10(15)8-13(12)18-14/h2-8H,15H2,1H3. The normalized spacial score (nSPS) is 10.9. The summed E-state index contributed by atoms with van der Waals surface area (Å²) in [5, 5.41) is 0. The van der Waals surface area contributed by atoms with Crippen molar-refractivity contribution in [2.75, 3.05) is 5.73 Å². The molecule has 4 heteroatoms. The van der Waals surface area contributed by atoms with Crippen LogP contribution < -0.4 is 5.73 Å². The summed E-state index contributed by atoms with van der Waals surface area (Å²) >= 11 is 3.38. The van der Waals surface area contributed by atoms with E-state index in [2.05, 4.69) is 36.2 Å². The number of nitrogens with zero attached hydrogens (tertiary/aromatic N) is 1. The highest BCUT2D eigenvalue weighted by Crippen LogP contribution is 2.34. The Morgan fingerprint density at radius 3 is 2.67 bits per heavy atom. The van der Waals surface area contributed by atoms with Gasteiger partial charge in [-0.2, -0.15) is 0 Å². The maximum absolute atomic E-state index is 5.77. The molecular weight excluding hydrogens is 260 g/mol. The maximum atomic E-state index is 5.77. The number of hydrogen-bond donors (Lipinski definition) is 1. The molecule has 2 N–H and O–H groups in total. The summed E-state index contributed by atoms with van der Waals surface area (Å²) in [5.41, 5.74) is 8.86. The third-order valence-corrected chi connectivity index (χ3v) is 4.71. The number of nitrogen functional groups attached to an aromatic ring is 1. The van der Waals surface area contributed by atoms with E-state index >= 15 is 0 Å². The van der Waals surface area contributed by atoms with Crippen molar-refractivity contribution in [1.82, 2.24) is 4.98 Å². The van der Waals surface area contributed by atoms with E-state index < -0.39 is 0 Å². The van der Waals surface area contributed by atoms with Crippen LogP contribution in [0, 0.1) is 6.92 Å². The first-order valence-electron chi connectivity index (χ1n) is 5.61. The first-order chi connectivity index (χ1) is 8.70. The molecule has 0 bridgehead atoms. The van der Waals surface area contributed by atoms with Crippen LogP contribution in [-0.2, 0) is 0 Å². The molecular formula is C14H12N2S2. The smallest absolute Gasteiger partial charge is 0.155 e. The number of nitrogens with two attached hydrogens (primary N) is 1. The van der Waals surface area contributed by atoms with Crippen LogP contribution in [0.1, 0.15) is 5.56 Å². The molecule has 0 fully saturated rings. The average molecular weight is 272 g/mol. The van der Waals surface area contributed by atoms with E-state index in [0.29, 0.717) is 0 Å². The Hall–Kier alpha value is -1.52. The fraction of sp³-hybridized carbons (Fsp3) is 0.0714. The third kappa shape index (κ3) is 2.35. The van der Waals surface area contributed by atoms with Crippen LogP contribution in [0.25, 0.3) is 10.2 Å². The van der Waals surface area contributed by atoms with E-state index in [1.54, 1.807) is 23.1 Å². The number of rotatable bonds is 2. The van der Waals surface area contributed by atoms with Crippen LogP contribution in [0.2, 0.25) is 0 Å². The number of hydrogen-bond acceptors (Lipinski definition) is 4. The molecule has 0 saturated heterocycles. The number of anilines is 1. The van der Waals surface area contributed by atoms with E-state index in [1.165, 1.54) is 10.5 Å².